The molecule has 0 atom stereocenters. The normalized spacial score (nSPS) is 16.6. The molecule has 0 aliphatic carbocycles. The molecule has 0 spiro atoms. The van der Waals surface area contributed by atoms with Gasteiger partial charge in [0.1, 0.15) is 5.15 Å². The molecule has 1 aromatic heterocycles. The van der Waals surface area contributed by atoms with E-state index in [2.05, 4.69) is 16.8 Å². The van der Waals surface area contributed by atoms with Gasteiger partial charge in [-0.15, -0.1) is 0 Å². The fourth-order valence-electron chi connectivity index (χ4n) is 2.29. The van der Waals surface area contributed by atoms with Crippen molar-refractivity contribution in [1.82, 2.24) is 9.88 Å². The standard InChI is InChI=1S/C12H17ClN4O2/c1-2-5-15-6-8-16(9-7-15)12-10(17(18)19)3-4-11(13)14-12/h3-4H,2,5-9H2,1H3. The number of pyridine rings is 1. The lowest BCUT2D eigenvalue weighted by atomic mass is 10.2. The highest BCUT2D eigenvalue weighted by molar-refractivity contribution is 6.29. The van der Waals surface area contributed by atoms with E-state index in [1.165, 1.54) is 12.1 Å². The zero-order chi connectivity index (χ0) is 13.8. The average molecular weight is 285 g/mol. The van der Waals surface area contributed by atoms with Gasteiger partial charge in [0.25, 0.3) is 0 Å². The molecule has 2 heterocycles. The molecular formula is C12H17ClN4O2. The summed E-state index contributed by atoms with van der Waals surface area (Å²) in [6.07, 6.45) is 1.12. The van der Waals surface area contributed by atoms with Crippen LogP contribution in [0.2, 0.25) is 5.15 Å². The van der Waals surface area contributed by atoms with Crippen LogP contribution in [0.15, 0.2) is 12.1 Å². The molecular weight excluding hydrogens is 268 g/mol. The van der Waals surface area contributed by atoms with Crippen LogP contribution in [-0.4, -0.2) is 47.5 Å². The largest absolute Gasteiger partial charge is 0.348 e. The predicted molar refractivity (Wildman–Crippen MR) is 74.8 cm³/mol. The highest BCUT2D eigenvalue weighted by Crippen LogP contribution is 2.28. The minimum atomic E-state index is -0.406. The third kappa shape index (κ3) is 3.33. The van der Waals surface area contributed by atoms with E-state index in [4.69, 9.17) is 11.6 Å². The Bertz CT molecular complexity index is 461. The summed E-state index contributed by atoms with van der Waals surface area (Å²) in [5.74, 6) is 0.383. The molecule has 19 heavy (non-hydrogen) atoms. The molecule has 0 bridgehead atoms. The molecule has 0 N–H and O–H groups in total. The van der Waals surface area contributed by atoms with Crippen molar-refractivity contribution in [3.8, 4) is 0 Å². The first-order valence-corrected chi connectivity index (χ1v) is 6.78. The number of anilines is 1. The van der Waals surface area contributed by atoms with Crippen LogP contribution < -0.4 is 4.90 Å². The molecule has 7 heteroatoms. The lowest BCUT2D eigenvalue weighted by Crippen LogP contribution is -2.47. The Labute approximate surface area is 117 Å². The highest BCUT2D eigenvalue weighted by atomic mass is 35.5. The van der Waals surface area contributed by atoms with Gasteiger partial charge < -0.3 is 4.90 Å². The Morgan fingerprint density at radius 1 is 1.37 bits per heavy atom. The number of nitrogens with zero attached hydrogens (tertiary/aromatic N) is 4. The lowest BCUT2D eigenvalue weighted by molar-refractivity contribution is -0.384. The molecule has 1 aliphatic heterocycles. The van der Waals surface area contributed by atoms with E-state index in [0.717, 1.165) is 39.1 Å². The van der Waals surface area contributed by atoms with Crippen molar-refractivity contribution in [2.45, 2.75) is 13.3 Å². The third-order valence-corrected chi connectivity index (χ3v) is 3.44. The van der Waals surface area contributed by atoms with Gasteiger partial charge in [-0.05, 0) is 19.0 Å². The van der Waals surface area contributed by atoms with E-state index in [0.29, 0.717) is 5.82 Å². The molecule has 0 radical (unpaired) electrons. The Balaban J connectivity index is 2.14. The Morgan fingerprint density at radius 3 is 2.63 bits per heavy atom. The highest BCUT2D eigenvalue weighted by Gasteiger charge is 2.25. The number of rotatable bonds is 4. The molecule has 1 saturated heterocycles. The van der Waals surface area contributed by atoms with Gasteiger partial charge in [0, 0.05) is 32.2 Å². The Morgan fingerprint density at radius 2 is 2.05 bits per heavy atom. The smallest absolute Gasteiger partial charge is 0.311 e. The summed E-state index contributed by atoms with van der Waals surface area (Å²) < 4.78 is 0. The van der Waals surface area contributed by atoms with Crippen molar-refractivity contribution in [3.63, 3.8) is 0 Å². The summed E-state index contributed by atoms with van der Waals surface area (Å²) in [6, 6.07) is 2.87. The molecule has 1 fully saturated rings. The maximum absolute atomic E-state index is 11.0. The van der Waals surface area contributed by atoms with Crippen LogP contribution in [0.5, 0.6) is 0 Å². The summed E-state index contributed by atoms with van der Waals surface area (Å²) in [5.41, 5.74) is 0.0216. The monoisotopic (exact) mass is 284 g/mol. The van der Waals surface area contributed by atoms with Crippen molar-refractivity contribution in [2.24, 2.45) is 0 Å². The number of hydrogen-bond donors (Lipinski definition) is 0. The van der Waals surface area contributed by atoms with Gasteiger partial charge >= 0.3 is 5.69 Å². The van der Waals surface area contributed by atoms with Gasteiger partial charge in [-0.3, -0.25) is 15.0 Å². The number of aromatic nitrogens is 1. The third-order valence-electron chi connectivity index (χ3n) is 3.23. The van der Waals surface area contributed by atoms with Crippen LogP contribution in [-0.2, 0) is 0 Å². The second-order valence-corrected chi connectivity index (χ2v) is 4.95. The molecule has 104 valence electrons. The summed E-state index contributed by atoms with van der Waals surface area (Å²) >= 11 is 5.85. The van der Waals surface area contributed by atoms with Gasteiger partial charge in [0.2, 0.25) is 5.82 Å². The number of hydrogen-bond acceptors (Lipinski definition) is 5. The minimum Gasteiger partial charge on any atom is -0.348 e. The van der Waals surface area contributed by atoms with E-state index >= 15 is 0 Å². The maximum Gasteiger partial charge on any atom is 0.311 e. The summed E-state index contributed by atoms with van der Waals surface area (Å²) in [4.78, 5) is 19.0. The molecule has 0 unspecified atom stereocenters. The van der Waals surface area contributed by atoms with Gasteiger partial charge in [-0.1, -0.05) is 18.5 Å². The number of halogens is 1. The first-order valence-electron chi connectivity index (χ1n) is 6.40. The SMILES string of the molecule is CCCN1CCN(c2nc(Cl)ccc2[N+](=O)[O-])CC1. The molecule has 0 aromatic carbocycles. The fourth-order valence-corrected chi connectivity index (χ4v) is 2.44. The van der Waals surface area contributed by atoms with Crippen LogP contribution in [0.25, 0.3) is 0 Å². The molecule has 2 rings (SSSR count). The van der Waals surface area contributed by atoms with E-state index in [1.54, 1.807) is 0 Å². The summed E-state index contributed by atoms with van der Waals surface area (Å²) in [5, 5.41) is 11.3. The van der Waals surface area contributed by atoms with Crippen LogP contribution in [0.1, 0.15) is 13.3 Å². The van der Waals surface area contributed by atoms with Crippen LogP contribution >= 0.6 is 11.6 Å². The molecule has 0 amide bonds. The van der Waals surface area contributed by atoms with Crippen molar-refractivity contribution >= 4 is 23.1 Å². The van der Waals surface area contributed by atoms with Gasteiger partial charge in [0.15, 0.2) is 0 Å². The Hall–Kier alpha value is -1.40. The minimum absolute atomic E-state index is 0.0216. The maximum atomic E-state index is 11.0. The van der Waals surface area contributed by atoms with Crippen LogP contribution in [0, 0.1) is 10.1 Å². The zero-order valence-electron chi connectivity index (χ0n) is 10.9. The van der Waals surface area contributed by atoms with Crippen molar-refractivity contribution < 1.29 is 4.92 Å². The second kappa shape index (κ2) is 6.16. The lowest BCUT2D eigenvalue weighted by Gasteiger charge is -2.34. The molecule has 1 aliphatic rings. The van der Waals surface area contributed by atoms with E-state index < -0.39 is 4.92 Å². The topological polar surface area (TPSA) is 62.5 Å². The summed E-state index contributed by atoms with van der Waals surface area (Å²) in [6.45, 7) is 6.51. The summed E-state index contributed by atoms with van der Waals surface area (Å²) in [7, 11) is 0. The van der Waals surface area contributed by atoms with E-state index in [9.17, 15) is 10.1 Å². The van der Waals surface area contributed by atoms with Crippen LogP contribution in [0.4, 0.5) is 11.5 Å². The Kier molecular flexibility index (Phi) is 4.55. The average Bonchev–Trinajstić information content (AvgIpc) is 2.39. The molecule has 6 nitrogen and oxygen atoms in total. The van der Waals surface area contributed by atoms with Gasteiger partial charge in [-0.2, -0.15) is 0 Å². The molecule has 0 saturated carbocycles. The predicted octanol–water partition coefficient (Wildman–Crippen LogP) is 2.18. The van der Waals surface area contributed by atoms with Crippen LogP contribution in [0.3, 0.4) is 0 Å². The molecule has 1 aromatic rings. The van der Waals surface area contributed by atoms with Gasteiger partial charge in [-0.25, -0.2) is 4.98 Å². The number of nitro groups is 1. The van der Waals surface area contributed by atoms with Crippen molar-refractivity contribution in [1.29, 1.82) is 0 Å². The first kappa shape index (κ1) is 14.0. The van der Waals surface area contributed by atoms with Crippen molar-refractivity contribution in [2.75, 3.05) is 37.6 Å². The zero-order valence-corrected chi connectivity index (χ0v) is 11.6. The van der Waals surface area contributed by atoms with Gasteiger partial charge in [0.05, 0.1) is 4.92 Å². The first-order chi connectivity index (χ1) is 9.11. The quantitative estimate of drug-likeness (QED) is 0.482. The van der Waals surface area contributed by atoms with E-state index in [-0.39, 0.29) is 10.8 Å². The number of piperazine rings is 1. The van der Waals surface area contributed by atoms with Crippen molar-refractivity contribution in [3.05, 3.63) is 27.4 Å². The second-order valence-electron chi connectivity index (χ2n) is 4.56. The van der Waals surface area contributed by atoms with E-state index in [1.807, 2.05) is 4.90 Å². The fraction of sp³-hybridized carbons (Fsp3) is 0.583.